The van der Waals surface area contributed by atoms with E-state index in [1.807, 2.05) is 4.57 Å². The molecule has 0 aliphatic heterocycles. The molecule has 10 heteroatoms. The first-order valence-electron chi connectivity index (χ1n) is 8.00. The van der Waals surface area contributed by atoms with Crippen molar-refractivity contribution in [2.45, 2.75) is 25.7 Å². The average molecular weight is 373 g/mol. The summed E-state index contributed by atoms with van der Waals surface area (Å²) in [5.41, 5.74) is 2.16. The third-order valence-electron chi connectivity index (χ3n) is 4.21. The molecule has 3 aromatic rings. The first-order chi connectivity index (χ1) is 12.5. The maximum Gasteiger partial charge on any atom is 0.363 e. The molecule has 0 amide bonds. The predicted octanol–water partition coefficient (Wildman–Crippen LogP) is 3.57. The van der Waals surface area contributed by atoms with Crippen LogP contribution in [0.4, 0.5) is 5.82 Å². The molecule has 132 valence electrons. The Morgan fingerprint density at radius 3 is 2.73 bits per heavy atom. The minimum absolute atomic E-state index is 0.0825. The highest BCUT2D eigenvalue weighted by Crippen LogP contribution is 2.34. The van der Waals surface area contributed by atoms with Crippen molar-refractivity contribution in [3.05, 3.63) is 39.8 Å². The van der Waals surface area contributed by atoms with Crippen LogP contribution >= 0.6 is 11.6 Å². The van der Waals surface area contributed by atoms with Gasteiger partial charge in [0.05, 0.1) is 5.56 Å². The highest BCUT2D eigenvalue weighted by Gasteiger charge is 2.23. The second kappa shape index (κ2) is 6.34. The van der Waals surface area contributed by atoms with Crippen LogP contribution in [0.1, 0.15) is 25.7 Å². The number of aromatic nitrogens is 5. The molecule has 0 radical (unpaired) electrons. The number of halogens is 1. The zero-order chi connectivity index (χ0) is 18.3. The Balaban J connectivity index is 1.97. The summed E-state index contributed by atoms with van der Waals surface area (Å²) in [6, 6.07) is 2.88. The third-order valence-corrected chi connectivity index (χ3v) is 4.38. The second-order valence-electron chi connectivity index (χ2n) is 5.86. The summed E-state index contributed by atoms with van der Waals surface area (Å²) in [5, 5.41) is 20.9. The van der Waals surface area contributed by atoms with Gasteiger partial charge in [-0.3, -0.25) is 4.57 Å². The van der Waals surface area contributed by atoms with Crippen molar-refractivity contribution in [2.24, 2.45) is 0 Å². The van der Waals surface area contributed by atoms with Crippen LogP contribution in [0.15, 0.2) is 24.4 Å². The quantitative estimate of drug-likeness (QED) is 0.423. The maximum atomic E-state index is 10.8. The normalized spacial score (nSPS) is 14.4. The molecule has 3 aromatic heterocycles. The van der Waals surface area contributed by atoms with Gasteiger partial charge in [0, 0.05) is 11.8 Å². The molecule has 0 atom stereocenters. The molecule has 1 aliphatic carbocycles. The summed E-state index contributed by atoms with van der Waals surface area (Å²) in [5.74, 6) is -0.0901. The van der Waals surface area contributed by atoms with Gasteiger partial charge in [-0.1, -0.05) is 6.08 Å². The fourth-order valence-electron chi connectivity index (χ4n) is 3.03. The Morgan fingerprint density at radius 2 is 2.08 bits per heavy atom. The van der Waals surface area contributed by atoms with E-state index in [2.05, 4.69) is 26.0 Å². The summed E-state index contributed by atoms with van der Waals surface area (Å²) >= 11 is 5.92. The van der Waals surface area contributed by atoms with Gasteiger partial charge >= 0.3 is 5.82 Å². The largest absolute Gasteiger partial charge is 0.492 e. The molecular weight excluding hydrogens is 360 g/mol. The van der Waals surface area contributed by atoms with Crippen LogP contribution in [0, 0.1) is 10.1 Å². The molecular formula is C16H13ClN6O3. The van der Waals surface area contributed by atoms with Crippen molar-refractivity contribution in [1.29, 1.82) is 0 Å². The van der Waals surface area contributed by atoms with E-state index in [4.69, 9.17) is 11.6 Å². The van der Waals surface area contributed by atoms with Gasteiger partial charge in [-0.25, -0.2) is 4.98 Å². The number of hydrogen-bond donors (Lipinski definition) is 1. The lowest BCUT2D eigenvalue weighted by molar-refractivity contribution is -0.389. The molecule has 1 N–H and O–H groups in total. The first-order valence-corrected chi connectivity index (χ1v) is 8.37. The second-order valence-corrected chi connectivity index (χ2v) is 6.20. The SMILES string of the molecule is O=[N+]([O-])c1ccc(-c2nc3c(O)nc(Cl)nc3n2C2=CCCCC2)cn1. The van der Waals surface area contributed by atoms with E-state index in [1.54, 1.807) is 6.07 Å². The van der Waals surface area contributed by atoms with Crippen LogP contribution in [0.5, 0.6) is 5.88 Å². The number of allylic oxidation sites excluding steroid dienone is 2. The van der Waals surface area contributed by atoms with Crippen LogP contribution in [0.2, 0.25) is 5.28 Å². The summed E-state index contributed by atoms with van der Waals surface area (Å²) in [6.45, 7) is 0. The van der Waals surface area contributed by atoms with E-state index in [1.165, 1.54) is 12.3 Å². The van der Waals surface area contributed by atoms with Gasteiger partial charge in [-0.05, 0) is 53.3 Å². The highest BCUT2D eigenvalue weighted by atomic mass is 35.5. The molecule has 9 nitrogen and oxygen atoms in total. The van der Waals surface area contributed by atoms with Crippen LogP contribution in [-0.4, -0.2) is 34.5 Å². The van der Waals surface area contributed by atoms with Crippen molar-refractivity contribution in [2.75, 3.05) is 0 Å². The van der Waals surface area contributed by atoms with Gasteiger partial charge in [0.1, 0.15) is 0 Å². The van der Waals surface area contributed by atoms with Crippen molar-refractivity contribution in [3.8, 4) is 17.3 Å². The van der Waals surface area contributed by atoms with Crippen LogP contribution in [0.25, 0.3) is 28.2 Å². The smallest absolute Gasteiger partial charge is 0.363 e. The molecule has 0 bridgehead atoms. The molecule has 0 fully saturated rings. The summed E-state index contributed by atoms with van der Waals surface area (Å²) in [4.78, 5) is 26.5. The fraction of sp³-hybridized carbons (Fsp3) is 0.250. The van der Waals surface area contributed by atoms with Gasteiger partial charge in [0.2, 0.25) is 11.2 Å². The minimum Gasteiger partial charge on any atom is -0.492 e. The topological polar surface area (TPSA) is 120 Å². The van der Waals surface area contributed by atoms with Crippen molar-refractivity contribution >= 4 is 34.3 Å². The Morgan fingerprint density at radius 1 is 1.23 bits per heavy atom. The van der Waals surface area contributed by atoms with Gasteiger partial charge in [0.15, 0.2) is 23.2 Å². The van der Waals surface area contributed by atoms with Crippen LogP contribution < -0.4 is 0 Å². The number of fused-ring (bicyclic) bond motifs is 1. The number of hydrogen-bond acceptors (Lipinski definition) is 7. The molecule has 4 rings (SSSR count). The molecule has 1 aliphatic rings. The lowest BCUT2D eigenvalue weighted by atomic mass is 10.0. The average Bonchev–Trinajstić information content (AvgIpc) is 3.02. The highest BCUT2D eigenvalue weighted by molar-refractivity contribution is 6.28. The van der Waals surface area contributed by atoms with E-state index in [0.717, 1.165) is 31.4 Å². The third kappa shape index (κ3) is 2.76. The lowest BCUT2D eigenvalue weighted by Gasteiger charge is -2.16. The van der Waals surface area contributed by atoms with Crippen LogP contribution in [0.3, 0.4) is 0 Å². The zero-order valence-corrected chi connectivity index (χ0v) is 14.2. The lowest BCUT2D eigenvalue weighted by Crippen LogP contribution is -2.04. The Bertz CT molecular complexity index is 1040. The molecule has 3 heterocycles. The van der Waals surface area contributed by atoms with Gasteiger partial charge in [0.25, 0.3) is 0 Å². The van der Waals surface area contributed by atoms with Gasteiger partial charge in [-0.15, -0.1) is 0 Å². The Hall–Kier alpha value is -3.07. The molecule has 0 saturated carbocycles. The maximum absolute atomic E-state index is 10.8. The predicted molar refractivity (Wildman–Crippen MR) is 94.6 cm³/mol. The van der Waals surface area contributed by atoms with Gasteiger partial charge in [-0.2, -0.15) is 9.97 Å². The number of nitrogens with zero attached hydrogens (tertiary/aromatic N) is 6. The number of imidazole rings is 1. The Kier molecular flexibility index (Phi) is 4.00. The summed E-state index contributed by atoms with van der Waals surface area (Å²) in [7, 11) is 0. The number of rotatable bonds is 3. The van der Waals surface area contributed by atoms with Crippen molar-refractivity contribution in [3.63, 3.8) is 0 Å². The van der Waals surface area contributed by atoms with Gasteiger partial charge < -0.3 is 15.2 Å². The standard InChI is InChI=1S/C16H13ClN6O3/c17-16-20-14-12(15(24)21-16)19-13(22(14)10-4-2-1-3-5-10)9-6-7-11(18-8-9)23(25)26/h4,6-8H,1-3,5H2,(H,20,21,24). The van der Waals surface area contributed by atoms with E-state index in [-0.39, 0.29) is 22.5 Å². The molecule has 0 saturated heterocycles. The van der Waals surface area contributed by atoms with Crippen molar-refractivity contribution in [1.82, 2.24) is 24.5 Å². The number of aromatic hydroxyl groups is 1. The molecule has 0 unspecified atom stereocenters. The minimum atomic E-state index is -0.562. The van der Waals surface area contributed by atoms with Crippen molar-refractivity contribution < 1.29 is 10.0 Å². The monoisotopic (exact) mass is 372 g/mol. The number of nitro groups is 1. The van der Waals surface area contributed by atoms with E-state index in [9.17, 15) is 15.2 Å². The fourth-order valence-corrected chi connectivity index (χ4v) is 3.19. The summed E-state index contributed by atoms with van der Waals surface area (Å²) in [6.07, 6.45) is 7.35. The first kappa shape index (κ1) is 16.4. The number of pyridine rings is 1. The van der Waals surface area contributed by atoms with Crippen LogP contribution in [-0.2, 0) is 0 Å². The Labute approximate surface area is 152 Å². The zero-order valence-electron chi connectivity index (χ0n) is 13.5. The molecule has 26 heavy (non-hydrogen) atoms. The molecule has 0 spiro atoms. The van der Waals surface area contributed by atoms with E-state index >= 15 is 0 Å². The molecule has 0 aromatic carbocycles. The van der Waals surface area contributed by atoms with E-state index in [0.29, 0.717) is 17.0 Å². The van der Waals surface area contributed by atoms with E-state index < -0.39 is 4.92 Å². The summed E-state index contributed by atoms with van der Waals surface area (Å²) < 4.78 is 1.81.